The number of thiazole rings is 1. The predicted octanol–water partition coefficient (Wildman–Crippen LogP) is 3.51. The molecule has 0 amide bonds. The molecule has 0 unspecified atom stereocenters. The summed E-state index contributed by atoms with van der Waals surface area (Å²) in [5.41, 5.74) is 2.75. The molecule has 28 heavy (non-hydrogen) atoms. The van der Waals surface area contributed by atoms with Crippen molar-refractivity contribution in [2.75, 3.05) is 0 Å². The van der Waals surface area contributed by atoms with Gasteiger partial charge in [0, 0.05) is 25.2 Å². The summed E-state index contributed by atoms with van der Waals surface area (Å²) in [7, 11) is 1.55. The third kappa shape index (κ3) is 3.70. The van der Waals surface area contributed by atoms with E-state index in [1.165, 1.54) is 4.57 Å². The molecule has 4 rings (SSSR count). The van der Waals surface area contributed by atoms with E-state index in [2.05, 4.69) is 5.10 Å². The van der Waals surface area contributed by atoms with Crippen LogP contribution in [0.15, 0.2) is 71.7 Å². The lowest BCUT2D eigenvalue weighted by Crippen LogP contribution is -2.05. The Labute approximate surface area is 165 Å². The monoisotopic (exact) mass is 393 g/mol. The molecule has 0 atom stereocenters. The van der Waals surface area contributed by atoms with Crippen molar-refractivity contribution >= 4 is 11.3 Å². The number of aromatic nitrogens is 3. The van der Waals surface area contributed by atoms with E-state index >= 15 is 0 Å². The largest absolute Gasteiger partial charge is 0.494 e. The van der Waals surface area contributed by atoms with Gasteiger partial charge in [0.25, 0.3) is 0 Å². The summed E-state index contributed by atoms with van der Waals surface area (Å²) in [5, 5.41) is 14.8. The first kappa shape index (κ1) is 18.1. The van der Waals surface area contributed by atoms with Crippen LogP contribution in [0.3, 0.4) is 0 Å². The summed E-state index contributed by atoms with van der Waals surface area (Å²) < 4.78 is 8.97. The van der Waals surface area contributed by atoms with E-state index in [0.717, 1.165) is 28.2 Å². The Bertz CT molecular complexity index is 1130. The SMILES string of the molecule is Cn1c(O)c(Cc2cn(-c3ccccc3)nc2OCc2ccccc2)sc1=O. The van der Waals surface area contributed by atoms with Crippen LogP contribution in [-0.2, 0) is 20.1 Å². The fourth-order valence-electron chi connectivity index (χ4n) is 2.86. The normalized spacial score (nSPS) is 10.9. The number of hydrogen-bond donors (Lipinski definition) is 1. The molecule has 0 saturated carbocycles. The molecule has 2 aromatic carbocycles. The maximum Gasteiger partial charge on any atom is 0.309 e. The highest BCUT2D eigenvalue weighted by Gasteiger charge is 2.18. The lowest BCUT2D eigenvalue weighted by Gasteiger charge is -2.05. The first-order valence-corrected chi connectivity index (χ1v) is 9.62. The van der Waals surface area contributed by atoms with Gasteiger partial charge >= 0.3 is 4.87 Å². The van der Waals surface area contributed by atoms with Crippen molar-refractivity contribution in [3.05, 3.63) is 92.5 Å². The second-order valence-corrected chi connectivity index (χ2v) is 7.41. The van der Waals surface area contributed by atoms with Crippen LogP contribution in [-0.4, -0.2) is 19.5 Å². The third-order valence-corrected chi connectivity index (χ3v) is 5.41. The van der Waals surface area contributed by atoms with Crippen molar-refractivity contribution in [2.24, 2.45) is 7.05 Å². The summed E-state index contributed by atoms with van der Waals surface area (Å²) in [4.78, 5) is 12.2. The van der Waals surface area contributed by atoms with Crippen LogP contribution in [0.2, 0.25) is 0 Å². The summed E-state index contributed by atoms with van der Waals surface area (Å²) in [6.45, 7) is 0.386. The average Bonchev–Trinajstić information content (AvgIpc) is 3.24. The maximum absolute atomic E-state index is 11.8. The van der Waals surface area contributed by atoms with Crippen LogP contribution in [0.4, 0.5) is 0 Å². The number of ether oxygens (including phenoxy) is 1. The summed E-state index contributed by atoms with van der Waals surface area (Å²) >= 11 is 1.03. The van der Waals surface area contributed by atoms with E-state index in [1.807, 2.05) is 66.9 Å². The van der Waals surface area contributed by atoms with Gasteiger partial charge in [-0.2, -0.15) is 0 Å². The van der Waals surface area contributed by atoms with Crippen LogP contribution in [0.5, 0.6) is 11.8 Å². The number of hydrogen-bond acceptors (Lipinski definition) is 5. The topological polar surface area (TPSA) is 69.3 Å². The smallest absolute Gasteiger partial charge is 0.309 e. The van der Waals surface area contributed by atoms with E-state index in [4.69, 9.17) is 4.74 Å². The average molecular weight is 393 g/mol. The van der Waals surface area contributed by atoms with E-state index < -0.39 is 0 Å². The Hall–Kier alpha value is -3.32. The highest BCUT2D eigenvalue weighted by atomic mass is 32.1. The molecule has 2 heterocycles. The van der Waals surface area contributed by atoms with Gasteiger partial charge in [-0.1, -0.05) is 59.9 Å². The minimum absolute atomic E-state index is 0.0172. The minimum atomic E-state index is -0.199. The van der Waals surface area contributed by atoms with Gasteiger partial charge in [-0.3, -0.25) is 9.36 Å². The second kappa shape index (κ2) is 7.74. The number of aromatic hydroxyl groups is 1. The molecule has 6 nitrogen and oxygen atoms in total. The predicted molar refractivity (Wildman–Crippen MR) is 108 cm³/mol. The fraction of sp³-hybridized carbons (Fsp3) is 0.143. The minimum Gasteiger partial charge on any atom is -0.494 e. The summed E-state index contributed by atoms with van der Waals surface area (Å²) in [6.07, 6.45) is 2.24. The second-order valence-electron chi connectivity index (χ2n) is 6.36. The number of nitrogens with zero attached hydrogens (tertiary/aromatic N) is 3. The zero-order chi connectivity index (χ0) is 19.5. The Balaban J connectivity index is 1.67. The highest BCUT2D eigenvalue weighted by Crippen LogP contribution is 2.28. The van der Waals surface area contributed by atoms with Crippen molar-refractivity contribution in [3.63, 3.8) is 0 Å². The van der Waals surface area contributed by atoms with Crippen molar-refractivity contribution in [2.45, 2.75) is 13.0 Å². The quantitative estimate of drug-likeness (QED) is 0.544. The van der Waals surface area contributed by atoms with Crippen LogP contribution >= 0.6 is 11.3 Å². The van der Waals surface area contributed by atoms with Crippen molar-refractivity contribution in [3.8, 4) is 17.4 Å². The first-order chi connectivity index (χ1) is 13.6. The lowest BCUT2D eigenvalue weighted by molar-refractivity contribution is 0.289. The number of benzene rings is 2. The van der Waals surface area contributed by atoms with Gasteiger partial charge in [-0.15, -0.1) is 5.10 Å². The molecule has 0 radical (unpaired) electrons. The standard InChI is InChI=1S/C21H19N3O3S/c1-23-20(25)18(28-21(23)26)12-16-13-24(17-10-6-3-7-11-17)22-19(16)27-14-15-8-4-2-5-9-15/h2-11,13,25H,12,14H2,1H3. The number of rotatable bonds is 6. The zero-order valence-electron chi connectivity index (χ0n) is 15.3. The van der Waals surface area contributed by atoms with Crippen molar-refractivity contribution < 1.29 is 9.84 Å². The van der Waals surface area contributed by atoms with E-state index in [9.17, 15) is 9.90 Å². The summed E-state index contributed by atoms with van der Waals surface area (Å²) in [5.74, 6) is 0.465. The van der Waals surface area contributed by atoms with Crippen molar-refractivity contribution in [1.82, 2.24) is 14.3 Å². The molecular weight excluding hydrogens is 374 g/mol. The first-order valence-electron chi connectivity index (χ1n) is 8.80. The third-order valence-electron chi connectivity index (χ3n) is 4.39. The van der Waals surface area contributed by atoms with Gasteiger partial charge in [-0.25, -0.2) is 4.68 Å². The van der Waals surface area contributed by atoms with Crippen LogP contribution in [0.25, 0.3) is 5.69 Å². The Kier molecular flexibility index (Phi) is 4.99. The fourth-order valence-corrected chi connectivity index (χ4v) is 3.75. The lowest BCUT2D eigenvalue weighted by atomic mass is 10.2. The summed E-state index contributed by atoms with van der Waals surface area (Å²) in [6, 6.07) is 19.6. The van der Waals surface area contributed by atoms with E-state index in [1.54, 1.807) is 11.7 Å². The van der Waals surface area contributed by atoms with Crippen LogP contribution in [0.1, 0.15) is 16.0 Å². The molecule has 0 spiro atoms. The van der Waals surface area contributed by atoms with E-state index in [-0.39, 0.29) is 10.8 Å². The number of para-hydroxylation sites is 1. The molecule has 4 aromatic rings. The molecule has 0 aliphatic rings. The Morgan fingerprint density at radius 2 is 1.75 bits per heavy atom. The maximum atomic E-state index is 11.8. The Morgan fingerprint density at radius 3 is 2.39 bits per heavy atom. The molecule has 142 valence electrons. The molecule has 0 fully saturated rings. The molecule has 0 aliphatic carbocycles. The van der Waals surface area contributed by atoms with Crippen LogP contribution < -0.4 is 9.61 Å². The van der Waals surface area contributed by atoms with Gasteiger partial charge in [0.15, 0.2) is 0 Å². The molecule has 7 heteroatoms. The van der Waals surface area contributed by atoms with E-state index in [0.29, 0.717) is 23.8 Å². The molecule has 0 aliphatic heterocycles. The van der Waals surface area contributed by atoms with Gasteiger partial charge in [0.1, 0.15) is 6.61 Å². The molecule has 0 saturated heterocycles. The van der Waals surface area contributed by atoms with Gasteiger partial charge in [0.05, 0.1) is 10.6 Å². The Morgan fingerprint density at radius 1 is 1.07 bits per heavy atom. The van der Waals surface area contributed by atoms with Gasteiger partial charge in [-0.05, 0) is 17.7 Å². The molecule has 0 bridgehead atoms. The van der Waals surface area contributed by atoms with Crippen LogP contribution in [0, 0.1) is 0 Å². The van der Waals surface area contributed by atoms with Crippen molar-refractivity contribution in [1.29, 1.82) is 0 Å². The van der Waals surface area contributed by atoms with Gasteiger partial charge < -0.3 is 9.84 Å². The molecule has 2 aromatic heterocycles. The highest BCUT2D eigenvalue weighted by molar-refractivity contribution is 7.09. The molecule has 1 N–H and O–H groups in total. The van der Waals surface area contributed by atoms with Gasteiger partial charge in [0.2, 0.25) is 11.8 Å². The zero-order valence-corrected chi connectivity index (χ0v) is 16.1. The molecular formula is C21H19N3O3S.